The van der Waals surface area contributed by atoms with E-state index in [0.717, 1.165) is 6.42 Å². The fourth-order valence-electron chi connectivity index (χ4n) is 3.78. The Balaban J connectivity index is 2.02. The first-order chi connectivity index (χ1) is 13.0. The summed E-state index contributed by atoms with van der Waals surface area (Å²) < 4.78 is 15.4. The van der Waals surface area contributed by atoms with E-state index in [1.165, 1.54) is 26.2 Å². The van der Waals surface area contributed by atoms with Crippen LogP contribution in [0.4, 0.5) is 0 Å². The first-order valence-corrected chi connectivity index (χ1v) is 8.84. The lowest BCUT2D eigenvalue weighted by Crippen LogP contribution is -2.36. The van der Waals surface area contributed by atoms with Crippen molar-refractivity contribution in [2.75, 3.05) is 21.3 Å². The molecule has 1 aliphatic heterocycles. The van der Waals surface area contributed by atoms with Crippen molar-refractivity contribution in [1.82, 2.24) is 4.90 Å². The van der Waals surface area contributed by atoms with E-state index in [4.69, 9.17) is 14.2 Å². The van der Waals surface area contributed by atoms with E-state index >= 15 is 0 Å². The first-order valence-electron chi connectivity index (χ1n) is 8.84. The number of hydrogen-bond acceptors (Lipinski definition) is 6. The van der Waals surface area contributed by atoms with Crippen LogP contribution in [-0.2, 0) is 19.1 Å². The molecular weight excluding hydrogens is 350 g/mol. The molecule has 144 valence electrons. The number of carbonyl (C=O) groups excluding carboxylic acids is 3. The Bertz CT molecular complexity index is 787. The van der Waals surface area contributed by atoms with Gasteiger partial charge in [0.1, 0.15) is 0 Å². The van der Waals surface area contributed by atoms with Gasteiger partial charge in [0.15, 0.2) is 11.5 Å². The number of methoxy groups -OCH3 is 3. The highest BCUT2D eigenvalue weighted by Crippen LogP contribution is 2.41. The number of allylic oxidation sites excluding steroid dienone is 1. The van der Waals surface area contributed by atoms with Crippen LogP contribution in [0, 0.1) is 11.8 Å². The molecule has 3 atom stereocenters. The summed E-state index contributed by atoms with van der Waals surface area (Å²) in [7, 11) is 4.31. The summed E-state index contributed by atoms with van der Waals surface area (Å²) in [4.78, 5) is 39.2. The number of fused-ring (bicyclic) bond motifs is 1. The van der Waals surface area contributed by atoms with Gasteiger partial charge in [-0.3, -0.25) is 19.3 Å². The Kier molecular flexibility index (Phi) is 5.48. The number of rotatable bonds is 6. The third kappa shape index (κ3) is 3.41. The molecule has 1 unspecified atom stereocenters. The van der Waals surface area contributed by atoms with Crippen LogP contribution < -0.4 is 9.47 Å². The van der Waals surface area contributed by atoms with Gasteiger partial charge in [0.2, 0.25) is 11.8 Å². The van der Waals surface area contributed by atoms with E-state index in [2.05, 4.69) is 0 Å². The fraction of sp³-hybridized carbons (Fsp3) is 0.450. The van der Waals surface area contributed by atoms with Crippen molar-refractivity contribution in [2.24, 2.45) is 11.8 Å². The molecule has 0 aromatic heterocycles. The highest BCUT2D eigenvalue weighted by molar-refractivity contribution is 6.06. The second-order valence-corrected chi connectivity index (χ2v) is 6.59. The number of ether oxygens (including phenoxy) is 3. The Morgan fingerprint density at radius 2 is 1.89 bits per heavy atom. The molecular formula is C20H23NO6. The second-order valence-electron chi connectivity index (χ2n) is 6.59. The molecule has 0 saturated carbocycles. The molecule has 1 heterocycles. The molecule has 1 aromatic rings. The maximum atomic E-state index is 13.0. The van der Waals surface area contributed by atoms with E-state index < -0.39 is 17.9 Å². The van der Waals surface area contributed by atoms with Crippen molar-refractivity contribution >= 4 is 17.8 Å². The number of esters is 1. The SMILES string of the molecule is COC(=O)CC(c1ccc(OC)c(OC)c1)N1C(=O)[C@H]2CCC=C[C@H]2C1=O. The Labute approximate surface area is 157 Å². The van der Waals surface area contributed by atoms with Crippen LogP contribution in [0.25, 0.3) is 0 Å². The van der Waals surface area contributed by atoms with Gasteiger partial charge in [0.05, 0.1) is 45.6 Å². The van der Waals surface area contributed by atoms with Gasteiger partial charge in [0, 0.05) is 0 Å². The molecule has 7 heteroatoms. The summed E-state index contributed by atoms with van der Waals surface area (Å²) in [5, 5.41) is 0. The zero-order valence-electron chi connectivity index (χ0n) is 15.6. The summed E-state index contributed by atoms with van der Waals surface area (Å²) >= 11 is 0. The van der Waals surface area contributed by atoms with Crippen molar-refractivity contribution in [3.8, 4) is 11.5 Å². The average Bonchev–Trinajstić information content (AvgIpc) is 2.96. The van der Waals surface area contributed by atoms with Gasteiger partial charge in [0.25, 0.3) is 0 Å². The highest BCUT2D eigenvalue weighted by Gasteiger charge is 2.50. The van der Waals surface area contributed by atoms with Crippen molar-refractivity contribution in [3.05, 3.63) is 35.9 Å². The number of imide groups is 1. The monoisotopic (exact) mass is 373 g/mol. The number of hydrogen-bond donors (Lipinski definition) is 0. The molecule has 27 heavy (non-hydrogen) atoms. The molecule has 1 saturated heterocycles. The minimum Gasteiger partial charge on any atom is -0.493 e. The first kappa shape index (κ1) is 18.9. The van der Waals surface area contributed by atoms with Gasteiger partial charge in [-0.05, 0) is 30.5 Å². The molecule has 1 aliphatic carbocycles. The largest absolute Gasteiger partial charge is 0.493 e. The Morgan fingerprint density at radius 1 is 1.15 bits per heavy atom. The fourth-order valence-corrected chi connectivity index (χ4v) is 3.78. The zero-order valence-corrected chi connectivity index (χ0v) is 15.6. The van der Waals surface area contributed by atoms with E-state index in [-0.39, 0.29) is 24.2 Å². The van der Waals surface area contributed by atoms with Gasteiger partial charge in [-0.25, -0.2) is 0 Å². The van der Waals surface area contributed by atoms with Gasteiger partial charge < -0.3 is 14.2 Å². The molecule has 2 aliphatic rings. The smallest absolute Gasteiger partial charge is 0.307 e. The predicted octanol–water partition coefficient (Wildman–Crippen LogP) is 2.26. The van der Waals surface area contributed by atoms with E-state index in [1.807, 2.05) is 6.08 Å². The summed E-state index contributed by atoms with van der Waals surface area (Å²) in [5.74, 6) is -0.840. The molecule has 0 bridgehead atoms. The quantitative estimate of drug-likeness (QED) is 0.432. The summed E-state index contributed by atoms with van der Waals surface area (Å²) in [6.07, 6.45) is 5.03. The van der Waals surface area contributed by atoms with E-state index in [9.17, 15) is 14.4 Å². The second kappa shape index (κ2) is 7.82. The molecule has 7 nitrogen and oxygen atoms in total. The number of benzene rings is 1. The Hall–Kier alpha value is -2.83. The van der Waals surface area contributed by atoms with Crippen LogP contribution >= 0.6 is 0 Å². The maximum Gasteiger partial charge on any atom is 0.307 e. The van der Waals surface area contributed by atoms with Gasteiger partial charge in [-0.15, -0.1) is 0 Å². The van der Waals surface area contributed by atoms with Crippen molar-refractivity contribution in [2.45, 2.75) is 25.3 Å². The standard InChI is InChI=1S/C20H23NO6/c1-25-16-9-8-12(10-17(16)26-2)15(11-18(22)27-3)21-19(23)13-6-4-5-7-14(13)20(21)24/h4,6,8-10,13-15H,5,7,11H2,1-3H3/t13-,14+,15?/m1/s1. The molecule has 2 amide bonds. The van der Waals surface area contributed by atoms with Crippen LogP contribution in [0.1, 0.15) is 30.9 Å². The summed E-state index contributed by atoms with van der Waals surface area (Å²) in [6, 6.07) is 4.35. The van der Waals surface area contributed by atoms with Crippen molar-refractivity contribution < 1.29 is 28.6 Å². The van der Waals surface area contributed by atoms with Gasteiger partial charge in [-0.1, -0.05) is 18.2 Å². The molecule has 1 aromatic carbocycles. The molecule has 0 radical (unpaired) electrons. The number of amides is 2. The van der Waals surface area contributed by atoms with Crippen LogP contribution in [0.15, 0.2) is 30.4 Å². The number of nitrogens with zero attached hydrogens (tertiary/aromatic N) is 1. The lowest BCUT2D eigenvalue weighted by atomic mass is 9.86. The van der Waals surface area contributed by atoms with Crippen LogP contribution in [0.2, 0.25) is 0 Å². The minimum absolute atomic E-state index is 0.118. The lowest BCUT2D eigenvalue weighted by molar-refractivity contribution is -0.147. The zero-order chi connectivity index (χ0) is 19.6. The molecule has 1 fully saturated rings. The number of carbonyl (C=O) groups is 3. The maximum absolute atomic E-state index is 13.0. The minimum atomic E-state index is -0.753. The normalized spacial score (nSPS) is 22.4. The van der Waals surface area contributed by atoms with Crippen LogP contribution in [0.5, 0.6) is 11.5 Å². The van der Waals surface area contributed by atoms with Crippen LogP contribution in [-0.4, -0.2) is 44.0 Å². The lowest BCUT2D eigenvalue weighted by Gasteiger charge is -2.27. The van der Waals surface area contributed by atoms with Crippen LogP contribution in [0.3, 0.4) is 0 Å². The third-order valence-corrected chi connectivity index (χ3v) is 5.19. The average molecular weight is 373 g/mol. The summed E-state index contributed by atoms with van der Waals surface area (Å²) in [6.45, 7) is 0. The van der Waals surface area contributed by atoms with Gasteiger partial charge in [-0.2, -0.15) is 0 Å². The molecule has 3 rings (SSSR count). The van der Waals surface area contributed by atoms with E-state index in [0.29, 0.717) is 23.5 Å². The Morgan fingerprint density at radius 3 is 2.52 bits per heavy atom. The summed E-state index contributed by atoms with van der Waals surface area (Å²) in [5.41, 5.74) is 0.613. The molecule has 0 N–H and O–H groups in total. The predicted molar refractivity (Wildman–Crippen MR) is 96.1 cm³/mol. The molecule has 0 spiro atoms. The number of likely N-dealkylation sites (tertiary alicyclic amines) is 1. The van der Waals surface area contributed by atoms with E-state index in [1.54, 1.807) is 24.3 Å². The third-order valence-electron chi connectivity index (χ3n) is 5.19. The van der Waals surface area contributed by atoms with Gasteiger partial charge >= 0.3 is 5.97 Å². The topological polar surface area (TPSA) is 82.1 Å². The van der Waals surface area contributed by atoms with Crippen molar-refractivity contribution in [3.63, 3.8) is 0 Å². The van der Waals surface area contributed by atoms with Crippen molar-refractivity contribution in [1.29, 1.82) is 0 Å². The highest BCUT2D eigenvalue weighted by atomic mass is 16.5.